The summed E-state index contributed by atoms with van der Waals surface area (Å²) >= 11 is 1.71. The lowest BCUT2D eigenvalue weighted by Crippen LogP contribution is -2.19. The molecule has 0 saturated heterocycles. The van der Waals surface area contributed by atoms with Crippen LogP contribution in [-0.4, -0.2) is 18.1 Å². The van der Waals surface area contributed by atoms with Gasteiger partial charge in [-0.3, -0.25) is 0 Å². The van der Waals surface area contributed by atoms with E-state index in [4.69, 9.17) is 5.26 Å². The van der Waals surface area contributed by atoms with E-state index in [-0.39, 0.29) is 5.41 Å². The molecule has 0 atom stereocenters. The van der Waals surface area contributed by atoms with E-state index >= 15 is 0 Å². The van der Waals surface area contributed by atoms with Crippen LogP contribution in [-0.2, 0) is 6.42 Å². The topological polar surface area (TPSA) is 48.7 Å². The zero-order valence-corrected chi connectivity index (χ0v) is 12.4. The number of hydrogen-bond acceptors (Lipinski definition) is 4. The van der Waals surface area contributed by atoms with Gasteiger partial charge >= 0.3 is 0 Å². The molecule has 1 rings (SSSR count). The van der Waals surface area contributed by atoms with E-state index in [1.165, 1.54) is 5.69 Å². The Labute approximate surface area is 114 Å². The van der Waals surface area contributed by atoms with Crippen LogP contribution in [0, 0.1) is 23.7 Å². The van der Waals surface area contributed by atoms with Crippen molar-refractivity contribution < 1.29 is 0 Å². The first-order valence-corrected chi connectivity index (χ1v) is 7.44. The van der Waals surface area contributed by atoms with Crippen LogP contribution in [0.1, 0.15) is 43.8 Å². The van der Waals surface area contributed by atoms with Crippen molar-refractivity contribution in [3.8, 4) is 6.07 Å². The number of thiazole rings is 1. The summed E-state index contributed by atoms with van der Waals surface area (Å²) in [6, 6.07) is 2.34. The number of aryl methyl sites for hydroxylation is 1. The highest BCUT2D eigenvalue weighted by molar-refractivity contribution is 7.09. The second-order valence-corrected chi connectivity index (χ2v) is 6.37. The van der Waals surface area contributed by atoms with Crippen LogP contribution in [0.3, 0.4) is 0 Å². The Morgan fingerprint density at radius 2 is 2.17 bits per heavy atom. The lowest BCUT2D eigenvalue weighted by molar-refractivity contribution is 0.422. The zero-order chi connectivity index (χ0) is 13.4. The van der Waals surface area contributed by atoms with Gasteiger partial charge in [0.05, 0.1) is 22.2 Å². The van der Waals surface area contributed by atoms with Gasteiger partial charge in [0, 0.05) is 18.3 Å². The summed E-state index contributed by atoms with van der Waals surface area (Å²) in [7, 11) is 0. The van der Waals surface area contributed by atoms with Gasteiger partial charge in [-0.2, -0.15) is 5.26 Å². The summed E-state index contributed by atoms with van der Waals surface area (Å²) in [5, 5.41) is 15.6. The van der Waals surface area contributed by atoms with E-state index in [1.54, 1.807) is 11.3 Å². The van der Waals surface area contributed by atoms with Gasteiger partial charge in [0.15, 0.2) is 0 Å². The molecule has 18 heavy (non-hydrogen) atoms. The Kier molecular flexibility index (Phi) is 6.31. The fraction of sp³-hybridized carbons (Fsp3) is 0.714. The zero-order valence-electron chi connectivity index (χ0n) is 11.6. The summed E-state index contributed by atoms with van der Waals surface area (Å²) < 4.78 is 0. The third kappa shape index (κ3) is 6.13. The molecule has 4 heteroatoms. The van der Waals surface area contributed by atoms with E-state index in [0.717, 1.165) is 43.8 Å². The molecule has 1 aromatic rings. The normalized spacial score (nSPS) is 11.4. The minimum Gasteiger partial charge on any atom is -0.316 e. The molecule has 0 bridgehead atoms. The second kappa shape index (κ2) is 7.50. The molecule has 100 valence electrons. The van der Waals surface area contributed by atoms with Crippen molar-refractivity contribution >= 4 is 11.3 Å². The predicted molar refractivity (Wildman–Crippen MR) is 76.7 cm³/mol. The van der Waals surface area contributed by atoms with Crippen LogP contribution in [0.4, 0.5) is 0 Å². The Hall–Kier alpha value is -0.920. The highest BCUT2D eigenvalue weighted by Gasteiger charge is 2.15. The molecule has 0 amide bonds. The van der Waals surface area contributed by atoms with Gasteiger partial charge in [-0.15, -0.1) is 11.3 Å². The molecule has 0 aliphatic heterocycles. The van der Waals surface area contributed by atoms with Crippen molar-refractivity contribution in [3.63, 3.8) is 0 Å². The molecule has 0 aliphatic carbocycles. The third-order valence-electron chi connectivity index (χ3n) is 2.93. The number of nitrogens with one attached hydrogen (secondary N) is 1. The van der Waals surface area contributed by atoms with Crippen molar-refractivity contribution in [2.45, 2.75) is 46.5 Å². The van der Waals surface area contributed by atoms with Gasteiger partial charge in [0.25, 0.3) is 0 Å². The van der Waals surface area contributed by atoms with E-state index in [9.17, 15) is 0 Å². The van der Waals surface area contributed by atoms with Gasteiger partial charge in [0.2, 0.25) is 0 Å². The molecular weight excluding hydrogens is 242 g/mol. The number of rotatable bonds is 8. The van der Waals surface area contributed by atoms with Crippen LogP contribution < -0.4 is 5.32 Å². The first-order chi connectivity index (χ1) is 8.53. The summed E-state index contributed by atoms with van der Waals surface area (Å²) in [4.78, 5) is 4.43. The van der Waals surface area contributed by atoms with Crippen molar-refractivity contribution in [2.75, 3.05) is 13.1 Å². The molecule has 1 N–H and O–H groups in total. The summed E-state index contributed by atoms with van der Waals surface area (Å²) in [6.45, 7) is 8.07. The van der Waals surface area contributed by atoms with Crippen LogP contribution >= 0.6 is 11.3 Å². The van der Waals surface area contributed by atoms with Crippen molar-refractivity contribution in [1.29, 1.82) is 5.26 Å². The van der Waals surface area contributed by atoms with Gasteiger partial charge in [0.1, 0.15) is 0 Å². The van der Waals surface area contributed by atoms with E-state index < -0.39 is 0 Å². The molecule has 0 fully saturated rings. The van der Waals surface area contributed by atoms with Gasteiger partial charge in [-0.05, 0) is 40.2 Å². The molecule has 3 nitrogen and oxygen atoms in total. The molecule has 0 aliphatic rings. The molecule has 0 unspecified atom stereocenters. The Morgan fingerprint density at radius 1 is 1.39 bits per heavy atom. The average molecular weight is 265 g/mol. The van der Waals surface area contributed by atoms with Gasteiger partial charge < -0.3 is 5.32 Å². The number of unbranched alkanes of at least 4 members (excludes halogenated alkanes) is 1. The highest BCUT2D eigenvalue weighted by Crippen LogP contribution is 2.21. The van der Waals surface area contributed by atoms with E-state index in [0.29, 0.717) is 0 Å². The summed E-state index contributed by atoms with van der Waals surface area (Å²) in [5.41, 5.74) is 1.02. The molecule has 0 aromatic carbocycles. The first-order valence-electron chi connectivity index (χ1n) is 6.56. The molecular formula is C14H23N3S. The molecule has 1 aromatic heterocycles. The maximum Gasteiger partial charge on any atom is 0.0897 e. The number of aromatic nitrogens is 1. The van der Waals surface area contributed by atoms with Crippen LogP contribution in [0.15, 0.2) is 5.38 Å². The lowest BCUT2D eigenvalue weighted by atomic mass is 9.89. The van der Waals surface area contributed by atoms with Crippen LogP contribution in [0.25, 0.3) is 0 Å². The fourth-order valence-corrected chi connectivity index (χ4v) is 2.38. The predicted octanol–water partition coefficient (Wildman–Crippen LogP) is 3.30. The molecule has 0 saturated carbocycles. The maximum atomic E-state index is 8.89. The number of nitrogens with zero attached hydrogens (tertiary/aromatic N) is 2. The second-order valence-electron chi connectivity index (χ2n) is 5.31. The van der Waals surface area contributed by atoms with Gasteiger partial charge in [-0.1, -0.05) is 6.42 Å². The molecule has 1 heterocycles. The average Bonchev–Trinajstić information content (AvgIpc) is 2.74. The highest BCUT2D eigenvalue weighted by atomic mass is 32.1. The minimum absolute atomic E-state index is 0.169. The Morgan fingerprint density at radius 3 is 2.78 bits per heavy atom. The summed E-state index contributed by atoms with van der Waals surface area (Å²) in [5.74, 6) is 0. The quantitative estimate of drug-likeness (QED) is 0.734. The van der Waals surface area contributed by atoms with Crippen molar-refractivity contribution in [2.24, 2.45) is 5.41 Å². The summed E-state index contributed by atoms with van der Waals surface area (Å²) in [6.07, 6.45) is 4.25. The molecule has 0 radical (unpaired) electrons. The number of nitriles is 1. The first kappa shape index (κ1) is 15.1. The standard InChI is InChI=1S/C14H23N3S/c1-12-17-13(10-18-12)6-9-16-8-5-4-7-14(2,3)11-15/h10,16H,4-9H2,1-3H3. The van der Waals surface area contributed by atoms with Crippen LogP contribution in [0.5, 0.6) is 0 Å². The SMILES string of the molecule is Cc1nc(CCNCCCCC(C)(C)C#N)cs1. The van der Waals surface area contributed by atoms with Gasteiger partial charge in [-0.25, -0.2) is 4.98 Å². The molecule has 0 spiro atoms. The maximum absolute atomic E-state index is 8.89. The van der Waals surface area contributed by atoms with Crippen molar-refractivity contribution in [3.05, 3.63) is 16.1 Å². The minimum atomic E-state index is -0.169. The fourth-order valence-electron chi connectivity index (χ4n) is 1.74. The lowest BCUT2D eigenvalue weighted by Gasteiger charge is -2.14. The van der Waals surface area contributed by atoms with Crippen LogP contribution in [0.2, 0.25) is 0 Å². The Balaban J connectivity index is 1.98. The smallest absolute Gasteiger partial charge is 0.0897 e. The monoisotopic (exact) mass is 265 g/mol. The Bertz CT molecular complexity index is 390. The van der Waals surface area contributed by atoms with E-state index in [2.05, 4.69) is 21.8 Å². The third-order valence-corrected chi connectivity index (χ3v) is 3.75. The largest absolute Gasteiger partial charge is 0.316 e. The number of hydrogen-bond donors (Lipinski definition) is 1. The van der Waals surface area contributed by atoms with E-state index in [1.807, 2.05) is 20.8 Å². The van der Waals surface area contributed by atoms with Crippen molar-refractivity contribution in [1.82, 2.24) is 10.3 Å².